The van der Waals surface area contributed by atoms with E-state index in [1.165, 1.54) is 16.6 Å². The molecular formula is C12H19NO3S2. The molecule has 1 aromatic heterocycles. The highest BCUT2D eigenvalue weighted by molar-refractivity contribution is 7.99. The molecule has 0 saturated carbocycles. The lowest BCUT2D eigenvalue weighted by Crippen LogP contribution is -2.54. The molecule has 0 aliphatic rings. The van der Waals surface area contributed by atoms with Crippen molar-refractivity contribution in [2.45, 2.75) is 24.6 Å². The second-order valence-electron chi connectivity index (χ2n) is 4.07. The zero-order chi connectivity index (χ0) is 13.4. The largest absolute Gasteiger partial charge is 0.394 e. The van der Waals surface area contributed by atoms with Gasteiger partial charge >= 0.3 is 0 Å². The molecule has 0 aromatic carbocycles. The van der Waals surface area contributed by atoms with Crippen molar-refractivity contribution in [1.82, 2.24) is 5.32 Å². The topological polar surface area (TPSA) is 69.6 Å². The summed E-state index contributed by atoms with van der Waals surface area (Å²) < 4.78 is 0. The molecule has 0 radical (unpaired) electrons. The van der Waals surface area contributed by atoms with Crippen molar-refractivity contribution in [3.8, 4) is 0 Å². The van der Waals surface area contributed by atoms with Crippen LogP contribution in [0.2, 0.25) is 0 Å². The molecule has 18 heavy (non-hydrogen) atoms. The van der Waals surface area contributed by atoms with Crippen LogP contribution in [0.5, 0.6) is 0 Å². The van der Waals surface area contributed by atoms with Crippen molar-refractivity contribution in [2.75, 3.05) is 19.0 Å². The summed E-state index contributed by atoms with van der Waals surface area (Å²) in [7, 11) is 0. The smallest absolute Gasteiger partial charge is 0.230 e. The van der Waals surface area contributed by atoms with Crippen molar-refractivity contribution in [1.29, 1.82) is 0 Å². The minimum Gasteiger partial charge on any atom is -0.394 e. The minimum absolute atomic E-state index is 0.151. The molecule has 0 unspecified atom stereocenters. The Balaban J connectivity index is 2.32. The Labute approximate surface area is 115 Å². The molecular weight excluding hydrogens is 270 g/mol. The Bertz CT molecular complexity index is 342. The molecule has 1 heterocycles. The van der Waals surface area contributed by atoms with Crippen LogP contribution in [0.15, 0.2) is 17.5 Å². The highest BCUT2D eigenvalue weighted by atomic mass is 32.2. The molecule has 3 N–H and O–H groups in total. The third-order valence-corrected chi connectivity index (χ3v) is 4.78. The average molecular weight is 289 g/mol. The van der Waals surface area contributed by atoms with E-state index in [0.717, 1.165) is 5.75 Å². The van der Waals surface area contributed by atoms with E-state index in [-0.39, 0.29) is 19.1 Å². The number of hydrogen-bond acceptors (Lipinski definition) is 5. The monoisotopic (exact) mass is 289 g/mol. The first-order valence-electron chi connectivity index (χ1n) is 5.78. The van der Waals surface area contributed by atoms with Crippen LogP contribution in [-0.4, -0.2) is 40.6 Å². The number of aliphatic hydroxyl groups is 2. The number of carbonyl (C=O) groups excluding carboxylic acids is 1. The van der Waals surface area contributed by atoms with E-state index in [9.17, 15) is 15.0 Å². The molecule has 0 fully saturated rings. The van der Waals surface area contributed by atoms with Gasteiger partial charge in [-0.15, -0.1) is 23.1 Å². The lowest BCUT2D eigenvalue weighted by molar-refractivity contribution is -0.121. The van der Waals surface area contributed by atoms with Crippen molar-refractivity contribution < 1.29 is 15.0 Å². The molecule has 4 nitrogen and oxygen atoms in total. The number of aliphatic hydroxyl groups excluding tert-OH is 2. The van der Waals surface area contributed by atoms with Gasteiger partial charge in [0, 0.05) is 10.6 Å². The van der Waals surface area contributed by atoms with Crippen LogP contribution >= 0.6 is 23.1 Å². The molecule has 0 saturated heterocycles. The van der Waals surface area contributed by atoms with Crippen LogP contribution in [0.25, 0.3) is 0 Å². The minimum atomic E-state index is -0.888. The molecule has 6 heteroatoms. The Morgan fingerprint density at radius 3 is 2.72 bits per heavy atom. The number of hydrogen-bond donors (Lipinski definition) is 3. The van der Waals surface area contributed by atoms with E-state index < -0.39 is 5.54 Å². The van der Waals surface area contributed by atoms with Crippen LogP contribution in [0.4, 0.5) is 0 Å². The third kappa shape index (κ3) is 4.61. The second-order valence-corrected chi connectivity index (χ2v) is 6.09. The zero-order valence-corrected chi connectivity index (χ0v) is 12.0. The fraction of sp³-hybridized carbons (Fsp3) is 0.583. The van der Waals surface area contributed by atoms with Gasteiger partial charge in [0.25, 0.3) is 0 Å². The number of thiophene rings is 1. The van der Waals surface area contributed by atoms with Crippen LogP contribution in [0, 0.1) is 0 Å². The number of thioether (sulfide) groups is 1. The summed E-state index contributed by atoms with van der Waals surface area (Å²) in [4.78, 5) is 12.9. The van der Waals surface area contributed by atoms with Gasteiger partial charge in [0.05, 0.1) is 24.5 Å². The van der Waals surface area contributed by atoms with E-state index in [2.05, 4.69) is 5.32 Å². The van der Waals surface area contributed by atoms with Crippen LogP contribution in [-0.2, 0) is 10.5 Å². The Kier molecular flexibility index (Phi) is 6.70. The highest BCUT2D eigenvalue weighted by Crippen LogP contribution is 2.17. The summed E-state index contributed by atoms with van der Waals surface area (Å²) in [5.74, 6) is 0.990. The summed E-state index contributed by atoms with van der Waals surface area (Å²) in [5.41, 5.74) is -0.888. The lowest BCUT2D eigenvalue weighted by Gasteiger charge is -2.29. The van der Waals surface area contributed by atoms with Crippen molar-refractivity contribution in [3.63, 3.8) is 0 Å². The fourth-order valence-electron chi connectivity index (χ4n) is 1.41. The third-order valence-electron chi connectivity index (χ3n) is 2.74. The summed E-state index contributed by atoms with van der Waals surface area (Å²) >= 11 is 3.20. The van der Waals surface area contributed by atoms with E-state index in [1.54, 1.807) is 11.3 Å². The molecule has 1 aromatic rings. The van der Waals surface area contributed by atoms with E-state index in [1.807, 2.05) is 24.4 Å². The molecule has 0 aliphatic carbocycles. The van der Waals surface area contributed by atoms with Gasteiger partial charge in [-0.25, -0.2) is 0 Å². The van der Waals surface area contributed by atoms with Gasteiger partial charge in [-0.3, -0.25) is 4.79 Å². The Morgan fingerprint density at radius 2 is 2.22 bits per heavy atom. The van der Waals surface area contributed by atoms with Crippen molar-refractivity contribution >= 4 is 29.0 Å². The second kappa shape index (κ2) is 7.78. The van der Waals surface area contributed by atoms with Gasteiger partial charge in [0.1, 0.15) is 0 Å². The van der Waals surface area contributed by atoms with Gasteiger partial charge < -0.3 is 15.5 Å². The van der Waals surface area contributed by atoms with Crippen LogP contribution in [0.3, 0.4) is 0 Å². The number of nitrogens with one attached hydrogen (secondary N) is 1. The quantitative estimate of drug-likeness (QED) is 0.673. The van der Waals surface area contributed by atoms with Crippen molar-refractivity contribution in [3.05, 3.63) is 22.4 Å². The molecule has 0 spiro atoms. The van der Waals surface area contributed by atoms with Gasteiger partial charge in [0.15, 0.2) is 0 Å². The summed E-state index contributed by atoms with van der Waals surface area (Å²) in [5, 5.41) is 23.2. The van der Waals surface area contributed by atoms with Gasteiger partial charge in [0.2, 0.25) is 5.91 Å². The highest BCUT2D eigenvalue weighted by Gasteiger charge is 2.28. The SMILES string of the molecule is CCC(CO)(CO)NC(=O)CSCc1cccs1. The predicted molar refractivity (Wildman–Crippen MR) is 75.8 cm³/mol. The van der Waals surface area contributed by atoms with Gasteiger partial charge in [-0.2, -0.15) is 0 Å². The van der Waals surface area contributed by atoms with E-state index >= 15 is 0 Å². The Hall–Kier alpha value is -0.560. The summed E-state index contributed by atoms with van der Waals surface area (Å²) in [6.07, 6.45) is 0.501. The number of carbonyl (C=O) groups is 1. The summed E-state index contributed by atoms with van der Waals surface area (Å²) in [6, 6.07) is 4.02. The van der Waals surface area contributed by atoms with Crippen molar-refractivity contribution in [2.24, 2.45) is 0 Å². The first-order valence-corrected chi connectivity index (χ1v) is 7.82. The number of amides is 1. The maximum atomic E-state index is 11.7. The first-order chi connectivity index (χ1) is 8.65. The van der Waals surface area contributed by atoms with E-state index in [4.69, 9.17) is 0 Å². The maximum absolute atomic E-state index is 11.7. The molecule has 0 aliphatic heterocycles. The molecule has 1 rings (SSSR count). The molecule has 102 valence electrons. The maximum Gasteiger partial charge on any atom is 0.230 e. The van der Waals surface area contributed by atoms with Crippen LogP contribution in [0.1, 0.15) is 18.2 Å². The van der Waals surface area contributed by atoms with Gasteiger partial charge in [-0.05, 0) is 17.9 Å². The molecule has 0 bridgehead atoms. The molecule has 0 atom stereocenters. The Morgan fingerprint density at radius 1 is 1.50 bits per heavy atom. The number of rotatable bonds is 8. The van der Waals surface area contributed by atoms with Gasteiger partial charge in [-0.1, -0.05) is 13.0 Å². The summed E-state index contributed by atoms with van der Waals surface area (Å²) in [6.45, 7) is 1.33. The first kappa shape index (κ1) is 15.5. The predicted octanol–water partition coefficient (Wildman–Crippen LogP) is 1.23. The van der Waals surface area contributed by atoms with E-state index in [0.29, 0.717) is 12.2 Å². The molecule has 1 amide bonds. The lowest BCUT2D eigenvalue weighted by atomic mass is 9.99. The standard InChI is InChI=1S/C12H19NO3S2/c1-2-12(8-14,9-15)13-11(16)7-17-6-10-4-3-5-18-10/h3-5,14-15H,2,6-9H2,1H3,(H,13,16). The normalized spacial score (nSPS) is 11.5. The average Bonchev–Trinajstić information content (AvgIpc) is 2.89. The van der Waals surface area contributed by atoms with Crippen LogP contribution < -0.4 is 5.32 Å². The zero-order valence-electron chi connectivity index (χ0n) is 10.4. The fourth-order valence-corrected chi connectivity index (χ4v) is 3.08.